The van der Waals surface area contributed by atoms with Crippen LogP contribution in [0, 0.1) is 0 Å². The Morgan fingerprint density at radius 3 is 2.33 bits per heavy atom. The molecule has 2 aromatic carbocycles. The van der Waals surface area contributed by atoms with Crippen LogP contribution in [-0.2, 0) is 27.2 Å². The Labute approximate surface area is 177 Å². The molecule has 0 saturated heterocycles. The van der Waals surface area contributed by atoms with Crippen LogP contribution >= 0.6 is 0 Å². The summed E-state index contributed by atoms with van der Waals surface area (Å²) >= 11 is 0. The number of nitrogens with one attached hydrogen (secondary N) is 1. The van der Waals surface area contributed by atoms with Crippen LogP contribution in [-0.4, -0.2) is 37.9 Å². The second kappa shape index (κ2) is 11.1. The molecule has 6 nitrogen and oxygen atoms in total. The summed E-state index contributed by atoms with van der Waals surface area (Å²) in [7, 11) is 1.49. The minimum Gasteiger partial charge on any atom is -0.496 e. The monoisotopic (exact) mass is 411 g/mol. The SMILES string of the molecule is COc1ccc(C(C)=O)cc1CC(=O)OCC(=O)NCCc1ccc(C(C)C)cc1. The van der Waals surface area contributed by atoms with Gasteiger partial charge in [0.2, 0.25) is 0 Å². The van der Waals surface area contributed by atoms with E-state index in [2.05, 4.69) is 43.4 Å². The summed E-state index contributed by atoms with van der Waals surface area (Å²) < 4.78 is 10.3. The lowest BCUT2D eigenvalue weighted by Crippen LogP contribution is -2.30. The topological polar surface area (TPSA) is 81.7 Å². The molecule has 0 unspecified atom stereocenters. The number of benzene rings is 2. The molecule has 0 aliphatic carbocycles. The maximum absolute atomic E-state index is 12.1. The lowest BCUT2D eigenvalue weighted by molar-refractivity contribution is -0.147. The Bertz CT molecular complexity index is 887. The molecule has 160 valence electrons. The van der Waals surface area contributed by atoms with Gasteiger partial charge in [-0.1, -0.05) is 38.1 Å². The van der Waals surface area contributed by atoms with E-state index in [1.54, 1.807) is 18.2 Å². The molecular formula is C24H29NO5. The van der Waals surface area contributed by atoms with Gasteiger partial charge in [-0.15, -0.1) is 0 Å². The summed E-state index contributed by atoms with van der Waals surface area (Å²) in [5.74, 6) is -0.0475. The molecule has 0 aliphatic heterocycles. The minimum absolute atomic E-state index is 0.0836. The third-order valence-corrected chi connectivity index (χ3v) is 4.77. The number of carbonyl (C=O) groups is 3. The fraction of sp³-hybridized carbons (Fsp3) is 0.375. The van der Waals surface area contributed by atoms with Gasteiger partial charge in [-0.25, -0.2) is 0 Å². The van der Waals surface area contributed by atoms with Crippen molar-refractivity contribution in [1.82, 2.24) is 5.32 Å². The molecule has 0 fully saturated rings. The van der Waals surface area contributed by atoms with E-state index in [0.717, 1.165) is 5.56 Å². The Hall–Kier alpha value is -3.15. The summed E-state index contributed by atoms with van der Waals surface area (Å²) in [5, 5.41) is 2.75. The number of carbonyl (C=O) groups excluding carboxylic acids is 3. The van der Waals surface area contributed by atoms with E-state index in [1.807, 2.05) is 0 Å². The van der Waals surface area contributed by atoms with Gasteiger partial charge in [0, 0.05) is 17.7 Å². The highest BCUT2D eigenvalue weighted by molar-refractivity contribution is 5.94. The molecule has 0 bridgehead atoms. The van der Waals surface area contributed by atoms with Gasteiger partial charge in [-0.3, -0.25) is 14.4 Å². The molecule has 1 N–H and O–H groups in total. The van der Waals surface area contributed by atoms with Gasteiger partial charge < -0.3 is 14.8 Å². The predicted octanol–water partition coefficient (Wildman–Crippen LogP) is 3.47. The Morgan fingerprint density at radius 2 is 1.73 bits per heavy atom. The number of amides is 1. The van der Waals surface area contributed by atoms with Gasteiger partial charge in [-0.2, -0.15) is 0 Å². The second-order valence-corrected chi connectivity index (χ2v) is 7.42. The zero-order chi connectivity index (χ0) is 22.1. The van der Waals surface area contributed by atoms with Crippen LogP contribution in [0.5, 0.6) is 5.75 Å². The average Bonchev–Trinajstić information content (AvgIpc) is 2.72. The van der Waals surface area contributed by atoms with Gasteiger partial charge in [0.25, 0.3) is 5.91 Å². The number of hydrogen-bond donors (Lipinski definition) is 1. The third kappa shape index (κ3) is 7.03. The van der Waals surface area contributed by atoms with Crippen molar-refractivity contribution in [2.75, 3.05) is 20.3 Å². The van der Waals surface area contributed by atoms with Crippen molar-refractivity contribution in [2.45, 2.75) is 39.5 Å². The third-order valence-electron chi connectivity index (χ3n) is 4.77. The molecule has 0 aromatic heterocycles. The van der Waals surface area contributed by atoms with Crippen molar-refractivity contribution < 1.29 is 23.9 Å². The molecule has 0 radical (unpaired) electrons. The van der Waals surface area contributed by atoms with Crippen molar-refractivity contribution in [3.63, 3.8) is 0 Å². The molecular weight excluding hydrogens is 382 g/mol. The molecule has 2 aromatic rings. The highest BCUT2D eigenvalue weighted by Gasteiger charge is 2.14. The van der Waals surface area contributed by atoms with E-state index >= 15 is 0 Å². The number of rotatable bonds is 10. The van der Waals surface area contributed by atoms with Crippen LogP contribution < -0.4 is 10.1 Å². The summed E-state index contributed by atoms with van der Waals surface area (Å²) in [6.07, 6.45) is 0.618. The number of hydrogen-bond acceptors (Lipinski definition) is 5. The molecule has 0 heterocycles. The first-order valence-corrected chi connectivity index (χ1v) is 9.99. The Balaban J connectivity index is 1.77. The van der Waals surface area contributed by atoms with Gasteiger partial charge in [-0.05, 0) is 48.6 Å². The van der Waals surface area contributed by atoms with E-state index in [4.69, 9.17) is 9.47 Å². The molecule has 0 saturated carbocycles. The Morgan fingerprint density at radius 1 is 1.03 bits per heavy atom. The molecule has 1 amide bonds. The van der Waals surface area contributed by atoms with E-state index in [1.165, 1.54) is 19.6 Å². The van der Waals surface area contributed by atoms with Crippen molar-refractivity contribution in [2.24, 2.45) is 0 Å². The maximum Gasteiger partial charge on any atom is 0.310 e. The van der Waals surface area contributed by atoms with Gasteiger partial charge in [0.05, 0.1) is 13.5 Å². The fourth-order valence-corrected chi connectivity index (χ4v) is 2.95. The zero-order valence-electron chi connectivity index (χ0n) is 18.0. The normalized spacial score (nSPS) is 10.6. The average molecular weight is 411 g/mol. The predicted molar refractivity (Wildman–Crippen MR) is 115 cm³/mol. The smallest absolute Gasteiger partial charge is 0.310 e. The van der Waals surface area contributed by atoms with Gasteiger partial charge in [0.1, 0.15) is 5.75 Å². The largest absolute Gasteiger partial charge is 0.496 e. The van der Waals surface area contributed by atoms with Crippen molar-refractivity contribution >= 4 is 17.7 Å². The first-order valence-electron chi connectivity index (χ1n) is 9.99. The van der Waals surface area contributed by atoms with Crippen LogP contribution in [0.15, 0.2) is 42.5 Å². The first-order chi connectivity index (χ1) is 14.3. The highest BCUT2D eigenvalue weighted by atomic mass is 16.5. The summed E-state index contributed by atoms with van der Waals surface area (Å²) in [6, 6.07) is 13.2. The first kappa shape index (κ1) is 23.1. The Kier molecular flexibility index (Phi) is 8.59. The molecule has 0 aliphatic rings. The fourth-order valence-electron chi connectivity index (χ4n) is 2.95. The van der Waals surface area contributed by atoms with Crippen LogP contribution in [0.3, 0.4) is 0 Å². The molecule has 6 heteroatoms. The lowest BCUT2D eigenvalue weighted by Gasteiger charge is -2.10. The lowest BCUT2D eigenvalue weighted by atomic mass is 10.0. The molecule has 0 atom stereocenters. The maximum atomic E-state index is 12.1. The number of ether oxygens (including phenoxy) is 2. The van der Waals surface area contributed by atoms with E-state index < -0.39 is 5.97 Å². The van der Waals surface area contributed by atoms with Crippen molar-refractivity contribution in [1.29, 1.82) is 0 Å². The minimum atomic E-state index is -0.562. The zero-order valence-corrected chi connectivity index (χ0v) is 18.0. The van der Waals surface area contributed by atoms with E-state index in [0.29, 0.717) is 35.8 Å². The molecule has 0 spiro atoms. The quantitative estimate of drug-likeness (QED) is 0.478. The van der Waals surface area contributed by atoms with Crippen LogP contribution in [0.2, 0.25) is 0 Å². The number of ketones is 1. The molecule has 30 heavy (non-hydrogen) atoms. The second-order valence-electron chi connectivity index (χ2n) is 7.42. The number of Topliss-reactive ketones (excluding diaryl/α,β-unsaturated/α-hetero) is 1. The van der Waals surface area contributed by atoms with Crippen LogP contribution in [0.25, 0.3) is 0 Å². The summed E-state index contributed by atoms with van der Waals surface area (Å²) in [6.45, 7) is 5.86. The standard InChI is InChI=1S/C24H29NO5/c1-16(2)19-7-5-18(6-8-19)11-12-25-23(27)15-30-24(28)14-21-13-20(17(3)26)9-10-22(21)29-4/h5-10,13,16H,11-12,14-15H2,1-4H3,(H,25,27). The van der Waals surface area contributed by atoms with E-state index in [9.17, 15) is 14.4 Å². The highest BCUT2D eigenvalue weighted by Crippen LogP contribution is 2.21. The van der Waals surface area contributed by atoms with Crippen molar-refractivity contribution in [3.05, 3.63) is 64.7 Å². The van der Waals surface area contributed by atoms with E-state index in [-0.39, 0.29) is 24.7 Å². The number of esters is 1. The summed E-state index contributed by atoms with van der Waals surface area (Å²) in [4.78, 5) is 35.6. The van der Waals surface area contributed by atoms with Crippen LogP contribution in [0.4, 0.5) is 0 Å². The van der Waals surface area contributed by atoms with Gasteiger partial charge in [0.15, 0.2) is 12.4 Å². The summed E-state index contributed by atoms with van der Waals surface area (Å²) in [5.41, 5.74) is 3.44. The van der Waals surface area contributed by atoms with Crippen molar-refractivity contribution in [3.8, 4) is 5.75 Å². The van der Waals surface area contributed by atoms with Crippen LogP contribution in [0.1, 0.15) is 53.7 Å². The van der Waals surface area contributed by atoms with Gasteiger partial charge >= 0.3 is 5.97 Å². The number of methoxy groups -OCH3 is 1. The molecule has 2 rings (SSSR count).